The van der Waals surface area contributed by atoms with Gasteiger partial charge >= 0.3 is 0 Å². The van der Waals surface area contributed by atoms with Gasteiger partial charge in [-0.25, -0.2) is 0 Å². The smallest absolute Gasteiger partial charge is 0.264 e. The Labute approximate surface area is 198 Å². The van der Waals surface area contributed by atoms with Crippen LogP contribution in [0.1, 0.15) is 46.8 Å². The van der Waals surface area contributed by atoms with Gasteiger partial charge in [-0.3, -0.25) is 14.4 Å². The molecule has 2 aromatic carbocycles. The maximum absolute atomic E-state index is 13.2. The summed E-state index contributed by atoms with van der Waals surface area (Å²) in [4.78, 5) is 40.5. The van der Waals surface area contributed by atoms with Crippen LogP contribution in [-0.2, 0) is 9.59 Å². The van der Waals surface area contributed by atoms with Crippen LogP contribution in [0.2, 0.25) is 0 Å². The number of thiophene rings is 1. The number of benzene rings is 2. The third-order valence-corrected chi connectivity index (χ3v) is 7.09. The molecule has 3 amide bonds. The van der Waals surface area contributed by atoms with Crippen LogP contribution in [0, 0.1) is 0 Å². The SMILES string of the molecule is O=C1CCC(c2ccccc2)CCNC(=O)CN(C(=O)c2cc3ccccc3s2)CCCN1. The van der Waals surface area contributed by atoms with Crippen molar-refractivity contribution < 1.29 is 14.4 Å². The first kappa shape index (κ1) is 23.0. The van der Waals surface area contributed by atoms with Gasteiger partial charge < -0.3 is 15.5 Å². The van der Waals surface area contributed by atoms with Crippen LogP contribution < -0.4 is 10.6 Å². The highest BCUT2D eigenvalue weighted by Gasteiger charge is 2.22. The van der Waals surface area contributed by atoms with Gasteiger partial charge in [0.2, 0.25) is 11.8 Å². The molecule has 0 spiro atoms. The van der Waals surface area contributed by atoms with Crippen LogP contribution in [0.5, 0.6) is 0 Å². The first-order chi connectivity index (χ1) is 16.1. The molecule has 0 radical (unpaired) electrons. The highest BCUT2D eigenvalue weighted by Crippen LogP contribution is 2.27. The molecule has 172 valence electrons. The fourth-order valence-electron chi connectivity index (χ4n) is 4.20. The molecule has 1 aliphatic rings. The van der Waals surface area contributed by atoms with E-state index >= 15 is 0 Å². The van der Waals surface area contributed by atoms with Crippen LogP contribution in [0.4, 0.5) is 0 Å². The normalized spacial score (nSPS) is 18.9. The maximum Gasteiger partial charge on any atom is 0.264 e. The Balaban J connectivity index is 1.46. The molecule has 0 saturated carbocycles. The van der Waals surface area contributed by atoms with Crippen LogP contribution in [0.15, 0.2) is 60.7 Å². The standard InChI is InChI=1S/C26H29N3O3S/c30-24-12-11-20(19-7-2-1-3-8-19)13-15-28-25(31)18-29(16-6-14-27-24)26(32)23-17-21-9-4-5-10-22(21)33-23/h1-5,7-10,17,20H,6,11-16,18H2,(H,27,30)(H,28,31). The summed E-state index contributed by atoms with van der Waals surface area (Å²) in [7, 11) is 0. The Morgan fingerprint density at radius 1 is 0.909 bits per heavy atom. The third kappa shape index (κ3) is 6.20. The molecular formula is C26H29N3O3S. The van der Waals surface area contributed by atoms with Crippen LogP contribution in [0.25, 0.3) is 10.1 Å². The third-order valence-electron chi connectivity index (χ3n) is 5.99. The minimum Gasteiger partial charge on any atom is -0.356 e. The van der Waals surface area contributed by atoms with Gasteiger partial charge in [0.1, 0.15) is 0 Å². The van der Waals surface area contributed by atoms with E-state index in [4.69, 9.17) is 0 Å². The molecule has 2 N–H and O–H groups in total. The predicted molar refractivity (Wildman–Crippen MR) is 131 cm³/mol. The molecule has 33 heavy (non-hydrogen) atoms. The van der Waals surface area contributed by atoms with E-state index in [1.807, 2.05) is 48.5 Å². The van der Waals surface area contributed by atoms with E-state index in [1.165, 1.54) is 16.9 Å². The Hall–Kier alpha value is -3.19. The number of carbonyl (C=O) groups excluding carboxylic acids is 3. The van der Waals surface area contributed by atoms with Gasteiger partial charge in [0.05, 0.1) is 11.4 Å². The van der Waals surface area contributed by atoms with Crippen molar-refractivity contribution in [3.8, 4) is 0 Å². The molecule has 0 bridgehead atoms. The molecule has 3 aromatic rings. The van der Waals surface area contributed by atoms with E-state index < -0.39 is 0 Å². The summed E-state index contributed by atoms with van der Waals surface area (Å²) in [6.45, 7) is 1.40. The highest BCUT2D eigenvalue weighted by molar-refractivity contribution is 7.20. The molecule has 1 fully saturated rings. The van der Waals surface area contributed by atoms with E-state index in [0.29, 0.717) is 37.4 Å². The van der Waals surface area contributed by atoms with Gasteiger partial charge in [-0.1, -0.05) is 48.5 Å². The number of rotatable bonds is 2. The Morgan fingerprint density at radius 3 is 2.48 bits per heavy atom. The molecular weight excluding hydrogens is 434 g/mol. The predicted octanol–water partition coefficient (Wildman–Crippen LogP) is 3.93. The van der Waals surface area contributed by atoms with E-state index in [9.17, 15) is 14.4 Å². The average Bonchev–Trinajstić information content (AvgIpc) is 3.27. The quantitative estimate of drug-likeness (QED) is 0.604. The summed E-state index contributed by atoms with van der Waals surface area (Å²) in [5.41, 5.74) is 1.17. The highest BCUT2D eigenvalue weighted by atomic mass is 32.1. The van der Waals surface area contributed by atoms with Crippen LogP contribution in [0.3, 0.4) is 0 Å². The van der Waals surface area contributed by atoms with E-state index in [0.717, 1.165) is 22.9 Å². The van der Waals surface area contributed by atoms with E-state index in [2.05, 4.69) is 22.8 Å². The minimum absolute atomic E-state index is 0.0109. The number of amides is 3. The Bertz CT molecular complexity index is 1080. The topological polar surface area (TPSA) is 78.5 Å². The molecule has 2 heterocycles. The lowest BCUT2D eigenvalue weighted by Crippen LogP contribution is -2.42. The molecule has 6 nitrogen and oxygen atoms in total. The second-order valence-corrected chi connectivity index (χ2v) is 9.45. The zero-order valence-electron chi connectivity index (χ0n) is 18.6. The molecule has 7 heteroatoms. The first-order valence-electron chi connectivity index (χ1n) is 11.5. The Kier molecular flexibility index (Phi) is 7.73. The lowest BCUT2D eigenvalue weighted by atomic mass is 9.91. The minimum atomic E-state index is -0.155. The van der Waals surface area contributed by atoms with Gasteiger partial charge in [0, 0.05) is 30.8 Å². The van der Waals surface area contributed by atoms with Crippen LogP contribution in [-0.4, -0.2) is 48.8 Å². The number of carbonyl (C=O) groups is 3. The van der Waals surface area contributed by atoms with Crippen molar-refractivity contribution in [2.75, 3.05) is 26.2 Å². The number of nitrogens with one attached hydrogen (secondary N) is 2. The van der Waals surface area contributed by atoms with E-state index in [1.54, 1.807) is 4.90 Å². The lowest BCUT2D eigenvalue weighted by Gasteiger charge is -2.23. The summed E-state index contributed by atoms with van der Waals surface area (Å²) < 4.78 is 1.05. The fourth-order valence-corrected chi connectivity index (χ4v) is 5.24. The molecule has 1 aliphatic heterocycles. The molecule has 1 aromatic heterocycles. The van der Waals surface area contributed by atoms with Gasteiger partial charge in [-0.15, -0.1) is 11.3 Å². The van der Waals surface area contributed by atoms with Gasteiger partial charge in [0.15, 0.2) is 0 Å². The summed E-state index contributed by atoms with van der Waals surface area (Å²) in [6, 6.07) is 19.9. The van der Waals surface area contributed by atoms with Gasteiger partial charge in [-0.05, 0) is 48.3 Å². The summed E-state index contributed by atoms with van der Waals surface area (Å²) in [6.07, 6.45) is 2.52. The van der Waals surface area contributed by atoms with E-state index in [-0.39, 0.29) is 30.2 Å². The largest absolute Gasteiger partial charge is 0.356 e. The molecule has 0 aliphatic carbocycles. The first-order valence-corrected chi connectivity index (χ1v) is 12.3. The number of nitrogens with zero attached hydrogens (tertiary/aromatic N) is 1. The molecule has 4 rings (SSSR count). The second-order valence-electron chi connectivity index (χ2n) is 8.36. The summed E-state index contributed by atoms with van der Waals surface area (Å²) in [5, 5.41) is 6.97. The van der Waals surface area contributed by atoms with Crippen molar-refractivity contribution in [2.45, 2.75) is 31.6 Å². The average molecular weight is 464 g/mol. The monoisotopic (exact) mass is 463 g/mol. The van der Waals surface area contributed by atoms with Crippen LogP contribution >= 0.6 is 11.3 Å². The molecule has 1 unspecified atom stereocenters. The van der Waals surface area contributed by atoms with Gasteiger partial charge in [-0.2, -0.15) is 0 Å². The van der Waals surface area contributed by atoms with Gasteiger partial charge in [0.25, 0.3) is 5.91 Å². The maximum atomic E-state index is 13.2. The lowest BCUT2D eigenvalue weighted by molar-refractivity contribution is -0.123. The van der Waals surface area contributed by atoms with Crippen molar-refractivity contribution >= 4 is 39.1 Å². The van der Waals surface area contributed by atoms with Crippen molar-refractivity contribution in [2.24, 2.45) is 0 Å². The van der Waals surface area contributed by atoms with Crippen molar-refractivity contribution in [3.63, 3.8) is 0 Å². The zero-order chi connectivity index (χ0) is 23.0. The second kappa shape index (κ2) is 11.1. The Morgan fingerprint density at radius 2 is 1.67 bits per heavy atom. The number of hydrogen-bond acceptors (Lipinski definition) is 4. The van der Waals surface area contributed by atoms with Crippen molar-refractivity contribution in [1.29, 1.82) is 0 Å². The molecule has 1 saturated heterocycles. The zero-order valence-corrected chi connectivity index (χ0v) is 19.4. The molecule has 1 atom stereocenters. The number of hydrogen-bond donors (Lipinski definition) is 2. The van der Waals surface area contributed by atoms with Crippen molar-refractivity contribution in [3.05, 3.63) is 71.1 Å². The van der Waals surface area contributed by atoms with Crippen molar-refractivity contribution in [1.82, 2.24) is 15.5 Å². The summed E-state index contributed by atoms with van der Waals surface area (Å²) in [5.74, 6) is -0.0832. The fraction of sp³-hybridized carbons (Fsp3) is 0.346. The number of fused-ring (bicyclic) bond motifs is 1. The summed E-state index contributed by atoms with van der Waals surface area (Å²) >= 11 is 1.44.